The van der Waals surface area contributed by atoms with Gasteiger partial charge in [0.05, 0.1) is 12.0 Å². The lowest BCUT2D eigenvalue weighted by atomic mass is 9.89. The number of aromatic hydroxyl groups is 1. The van der Waals surface area contributed by atoms with Crippen molar-refractivity contribution in [2.24, 2.45) is 0 Å². The monoisotopic (exact) mass is 176 g/mol. The van der Waals surface area contributed by atoms with E-state index >= 15 is 0 Å². The van der Waals surface area contributed by atoms with E-state index < -0.39 is 0 Å². The molecule has 0 saturated heterocycles. The standard InChI is InChI=1S/C10H8O3/c11-7-4-6-2-1-3-8(12)10(6)9(13)5-7/h1-3,12H,4-5H2. The second-order valence-electron chi connectivity index (χ2n) is 3.13. The van der Waals surface area contributed by atoms with Gasteiger partial charge in [0.15, 0.2) is 5.78 Å². The highest BCUT2D eigenvalue weighted by Gasteiger charge is 2.25. The van der Waals surface area contributed by atoms with Crippen LogP contribution in [0.5, 0.6) is 5.75 Å². The third-order valence-corrected chi connectivity index (χ3v) is 2.15. The van der Waals surface area contributed by atoms with Crippen molar-refractivity contribution in [2.45, 2.75) is 12.8 Å². The average molecular weight is 176 g/mol. The van der Waals surface area contributed by atoms with Gasteiger partial charge in [0.2, 0.25) is 0 Å². The molecule has 0 amide bonds. The number of carbonyl (C=O) groups excluding carboxylic acids is 2. The van der Waals surface area contributed by atoms with Crippen molar-refractivity contribution in [3.63, 3.8) is 0 Å². The summed E-state index contributed by atoms with van der Waals surface area (Å²) in [5.74, 6) is -0.373. The summed E-state index contributed by atoms with van der Waals surface area (Å²) in [7, 11) is 0. The van der Waals surface area contributed by atoms with Crippen LogP contribution in [0.2, 0.25) is 0 Å². The zero-order valence-corrected chi connectivity index (χ0v) is 6.91. The second kappa shape index (κ2) is 2.69. The molecule has 13 heavy (non-hydrogen) atoms. The summed E-state index contributed by atoms with van der Waals surface area (Å²) in [6.45, 7) is 0. The van der Waals surface area contributed by atoms with E-state index in [9.17, 15) is 14.7 Å². The number of ketones is 2. The average Bonchev–Trinajstić information content (AvgIpc) is 2.02. The highest BCUT2D eigenvalue weighted by Crippen LogP contribution is 2.26. The van der Waals surface area contributed by atoms with Crippen molar-refractivity contribution in [1.29, 1.82) is 0 Å². The summed E-state index contributed by atoms with van der Waals surface area (Å²) in [6.07, 6.45) is 0.181. The van der Waals surface area contributed by atoms with E-state index in [2.05, 4.69) is 0 Å². The van der Waals surface area contributed by atoms with Crippen LogP contribution in [0.3, 0.4) is 0 Å². The van der Waals surface area contributed by atoms with Gasteiger partial charge < -0.3 is 5.11 Å². The number of Topliss-reactive ketones (excluding diaryl/α,β-unsaturated/α-hetero) is 2. The largest absolute Gasteiger partial charge is 0.507 e. The highest BCUT2D eigenvalue weighted by molar-refractivity contribution is 6.14. The van der Waals surface area contributed by atoms with Crippen molar-refractivity contribution < 1.29 is 14.7 Å². The van der Waals surface area contributed by atoms with E-state index in [4.69, 9.17) is 0 Å². The van der Waals surface area contributed by atoms with Gasteiger partial charge >= 0.3 is 0 Å². The Bertz CT molecular complexity index is 393. The molecule has 0 aromatic heterocycles. The summed E-state index contributed by atoms with van der Waals surface area (Å²) in [5, 5.41) is 9.38. The molecule has 0 spiro atoms. The highest BCUT2D eigenvalue weighted by atomic mass is 16.3. The van der Waals surface area contributed by atoms with Gasteiger partial charge in [-0.15, -0.1) is 0 Å². The summed E-state index contributed by atoms with van der Waals surface area (Å²) in [4.78, 5) is 22.4. The summed E-state index contributed by atoms with van der Waals surface area (Å²) in [5.41, 5.74) is 0.961. The fraction of sp³-hybridized carbons (Fsp3) is 0.200. The molecule has 0 fully saturated rings. The van der Waals surface area contributed by atoms with Crippen molar-refractivity contribution in [3.05, 3.63) is 29.3 Å². The fourth-order valence-electron chi connectivity index (χ4n) is 1.60. The Kier molecular flexibility index (Phi) is 1.65. The number of hydrogen-bond acceptors (Lipinski definition) is 3. The molecule has 0 atom stereocenters. The predicted molar refractivity (Wildman–Crippen MR) is 45.8 cm³/mol. The number of phenolic OH excluding ortho intramolecular Hbond substituents is 1. The molecule has 1 N–H and O–H groups in total. The van der Waals surface area contributed by atoms with Crippen LogP contribution in [-0.4, -0.2) is 16.7 Å². The maximum atomic E-state index is 11.3. The van der Waals surface area contributed by atoms with Crippen LogP contribution in [0, 0.1) is 0 Å². The Balaban J connectivity index is 2.61. The minimum absolute atomic E-state index is 0.0185. The number of benzene rings is 1. The molecule has 0 bridgehead atoms. The van der Waals surface area contributed by atoms with Gasteiger partial charge in [-0.2, -0.15) is 0 Å². The number of fused-ring (bicyclic) bond motifs is 1. The molecule has 1 aliphatic carbocycles. The third kappa shape index (κ3) is 1.22. The Morgan fingerprint density at radius 3 is 2.69 bits per heavy atom. The first-order chi connectivity index (χ1) is 6.18. The zero-order valence-electron chi connectivity index (χ0n) is 6.91. The first kappa shape index (κ1) is 7.98. The van der Waals surface area contributed by atoms with Crippen molar-refractivity contribution >= 4 is 11.6 Å². The van der Waals surface area contributed by atoms with Crippen molar-refractivity contribution in [1.82, 2.24) is 0 Å². The van der Waals surface area contributed by atoms with Crippen LogP contribution in [-0.2, 0) is 11.2 Å². The Hall–Kier alpha value is -1.64. The second-order valence-corrected chi connectivity index (χ2v) is 3.13. The molecule has 2 rings (SSSR count). The van der Waals surface area contributed by atoms with Gasteiger partial charge in [-0.1, -0.05) is 12.1 Å². The Morgan fingerprint density at radius 2 is 1.92 bits per heavy atom. The van der Waals surface area contributed by atoms with E-state index in [0.29, 0.717) is 11.1 Å². The van der Waals surface area contributed by atoms with Gasteiger partial charge in [-0.3, -0.25) is 9.59 Å². The van der Waals surface area contributed by atoms with Gasteiger partial charge in [0.25, 0.3) is 0 Å². The molecule has 66 valence electrons. The Morgan fingerprint density at radius 1 is 1.15 bits per heavy atom. The quantitative estimate of drug-likeness (QED) is 0.602. The lowest BCUT2D eigenvalue weighted by molar-refractivity contribution is -0.117. The van der Waals surface area contributed by atoms with Gasteiger partial charge in [-0.05, 0) is 11.6 Å². The van der Waals surface area contributed by atoms with Gasteiger partial charge in [0, 0.05) is 6.42 Å². The molecule has 0 radical (unpaired) electrons. The minimum atomic E-state index is -0.274. The summed E-state index contributed by atoms with van der Waals surface area (Å²) >= 11 is 0. The van der Waals surface area contributed by atoms with Crippen LogP contribution >= 0.6 is 0 Å². The fourth-order valence-corrected chi connectivity index (χ4v) is 1.60. The summed E-state index contributed by atoms with van der Waals surface area (Å²) < 4.78 is 0. The van der Waals surface area contributed by atoms with Gasteiger partial charge in [0.1, 0.15) is 11.5 Å². The van der Waals surface area contributed by atoms with E-state index in [1.54, 1.807) is 12.1 Å². The van der Waals surface area contributed by atoms with Crippen LogP contribution in [0.25, 0.3) is 0 Å². The molecule has 1 aliphatic rings. The van der Waals surface area contributed by atoms with Crippen LogP contribution in [0.4, 0.5) is 0 Å². The zero-order chi connectivity index (χ0) is 9.42. The van der Waals surface area contributed by atoms with E-state index in [1.807, 2.05) is 0 Å². The van der Waals surface area contributed by atoms with Crippen LogP contribution in [0.15, 0.2) is 18.2 Å². The topological polar surface area (TPSA) is 54.4 Å². The minimum Gasteiger partial charge on any atom is -0.507 e. The molecule has 3 heteroatoms. The first-order valence-corrected chi connectivity index (χ1v) is 4.04. The first-order valence-electron chi connectivity index (χ1n) is 4.04. The summed E-state index contributed by atoms with van der Waals surface area (Å²) in [6, 6.07) is 4.80. The van der Waals surface area contributed by atoms with Crippen LogP contribution in [0.1, 0.15) is 22.3 Å². The number of phenols is 1. The smallest absolute Gasteiger partial charge is 0.174 e. The SMILES string of the molecule is O=C1CC(=O)c2c(O)cccc2C1. The Labute approximate surface area is 75.0 Å². The van der Waals surface area contributed by atoms with E-state index in [0.717, 1.165) is 0 Å². The number of carbonyl (C=O) groups is 2. The maximum absolute atomic E-state index is 11.3. The molecule has 1 aromatic carbocycles. The molecular weight excluding hydrogens is 168 g/mol. The lowest BCUT2D eigenvalue weighted by Crippen LogP contribution is -2.19. The molecule has 0 saturated carbocycles. The van der Waals surface area contributed by atoms with Crippen molar-refractivity contribution in [3.8, 4) is 5.75 Å². The van der Waals surface area contributed by atoms with E-state index in [1.165, 1.54) is 6.07 Å². The normalized spacial score (nSPS) is 15.7. The lowest BCUT2D eigenvalue weighted by Gasteiger charge is -2.14. The molecule has 1 aromatic rings. The molecule has 3 nitrogen and oxygen atoms in total. The molecule has 0 aliphatic heterocycles. The number of rotatable bonds is 0. The predicted octanol–water partition coefficient (Wildman–Crippen LogP) is 1.09. The van der Waals surface area contributed by atoms with Crippen LogP contribution < -0.4 is 0 Å². The maximum Gasteiger partial charge on any atom is 0.174 e. The van der Waals surface area contributed by atoms with Crippen molar-refractivity contribution in [2.75, 3.05) is 0 Å². The third-order valence-electron chi connectivity index (χ3n) is 2.15. The number of hydrogen-bond donors (Lipinski definition) is 1. The van der Waals surface area contributed by atoms with E-state index in [-0.39, 0.29) is 30.2 Å². The molecule has 0 heterocycles. The van der Waals surface area contributed by atoms with Gasteiger partial charge in [-0.25, -0.2) is 0 Å². The molecule has 0 unspecified atom stereocenters. The molecular formula is C10H8O3.